The highest BCUT2D eigenvalue weighted by Gasteiger charge is 2.08. The molecule has 0 aromatic carbocycles. The van der Waals surface area contributed by atoms with Crippen molar-refractivity contribution in [2.45, 2.75) is 66.0 Å². The maximum Gasteiger partial charge on any atom is 0.0248 e. The lowest BCUT2D eigenvalue weighted by molar-refractivity contribution is 0.411. The van der Waals surface area contributed by atoms with Crippen molar-refractivity contribution >= 4 is 0 Å². The molecule has 0 aliphatic carbocycles. The molecular weight excluding hydrogens is 170 g/mol. The van der Waals surface area contributed by atoms with Gasteiger partial charge in [0, 0.05) is 12.1 Å². The molecule has 0 bridgehead atoms. The SMILES string of the molecule is C=C(C)C(C)NC(C)CCC(C)CC. The van der Waals surface area contributed by atoms with E-state index in [1.54, 1.807) is 0 Å². The van der Waals surface area contributed by atoms with Gasteiger partial charge in [0.1, 0.15) is 0 Å². The summed E-state index contributed by atoms with van der Waals surface area (Å²) >= 11 is 0. The van der Waals surface area contributed by atoms with Crippen LogP contribution in [0.1, 0.15) is 53.9 Å². The summed E-state index contributed by atoms with van der Waals surface area (Å²) in [6.07, 6.45) is 3.89. The third-order valence-corrected chi connectivity index (χ3v) is 3.06. The third-order valence-electron chi connectivity index (χ3n) is 3.06. The number of rotatable bonds is 7. The van der Waals surface area contributed by atoms with Crippen LogP contribution in [0.5, 0.6) is 0 Å². The minimum absolute atomic E-state index is 0.446. The maximum absolute atomic E-state index is 3.96. The molecule has 0 aliphatic heterocycles. The molecule has 0 fully saturated rings. The number of nitrogens with one attached hydrogen (secondary N) is 1. The molecule has 0 aliphatic rings. The summed E-state index contributed by atoms with van der Waals surface area (Å²) < 4.78 is 0. The minimum atomic E-state index is 0.446. The van der Waals surface area contributed by atoms with Gasteiger partial charge in [-0.1, -0.05) is 32.4 Å². The van der Waals surface area contributed by atoms with E-state index >= 15 is 0 Å². The van der Waals surface area contributed by atoms with Crippen LogP contribution in [0.3, 0.4) is 0 Å². The normalized spacial score (nSPS) is 17.5. The van der Waals surface area contributed by atoms with E-state index in [-0.39, 0.29) is 0 Å². The van der Waals surface area contributed by atoms with Gasteiger partial charge in [-0.25, -0.2) is 0 Å². The van der Waals surface area contributed by atoms with Crippen LogP contribution in [0.25, 0.3) is 0 Å². The lowest BCUT2D eigenvalue weighted by Crippen LogP contribution is -2.35. The van der Waals surface area contributed by atoms with Gasteiger partial charge in [-0.3, -0.25) is 0 Å². The largest absolute Gasteiger partial charge is 0.308 e. The second-order valence-electron chi connectivity index (χ2n) is 4.73. The summed E-state index contributed by atoms with van der Waals surface area (Å²) in [5.74, 6) is 0.861. The Morgan fingerprint density at radius 1 is 1.21 bits per heavy atom. The van der Waals surface area contributed by atoms with Crippen molar-refractivity contribution in [2.75, 3.05) is 0 Å². The van der Waals surface area contributed by atoms with Gasteiger partial charge < -0.3 is 5.32 Å². The lowest BCUT2D eigenvalue weighted by Gasteiger charge is -2.21. The molecule has 3 atom stereocenters. The molecule has 0 rings (SSSR count). The second kappa shape index (κ2) is 7.05. The van der Waals surface area contributed by atoms with Gasteiger partial charge in [-0.15, -0.1) is 0 Å². The number of hydrogen-bond donors (Lipinski definition) is 1. The van der Waals surface area contributed by atoms with E-state index in [0.717, 1.165) is 5.92 Å². The Labute approximate surface area is 90.0 Å². The van der Waals surface area contributed by atoms with Gasteiger partial charge >= 0.3 is 0 Å². The first-order chi connectivity index (χ1) is 6.47. The molecule has 0 radical (unpaired) electrons. The molecule has 0 spiro atoms. The van der Waals surface area contributed by atoms with Crippen molar-refractivity contribution in [3.63, 3.8) is 0 Å². The Morgan fingerprint density at radius 3 is 2.21 bits per heavy atom. The zero-order valence-corrected chi connectivity index (χ0v) is 10.6. The number of hydrogen-bond acceptors (Lipinski definition) is 1. The van der Waals surface area contributed by atoms with Crippen LogP contribution in [-0.2, 0) is 0 Å². The quantitative estimate of drug-likeness (QED) is 0.613. The smallest absolute Gasteiger partial charge is 0.0248 e. The molecule has 84 valence electrons. The molecule has 1 nitrogen and oxygen atoms in total. The minimum Gasteiger partial charge on any atom is -0.308 e. The molecule has 14 heavy (non-hydrogen) atoms. The summed E-state index contributed by atoms with van der Waals surface area (Å²) in [5, 5.41) is 3.56. The average molecular weight is 197 g/mol. The van der Waals surface area contributed by atoms with Crippen LogP contribution < -0.4 is 5.32 Å². The Balaban J connectivity index is 3.64. The zero-order valence-electron chi connectivity index (χ0n) is 10.6. The standard InChI is InChI=1S/C13H27N/c1-7-11(4)8-9-12(5)14-13(6)10(2)3/h11-14H,2,7-9H2,1,3-6H3. The van der Waals surface area contributed by atoms with E-state index in [1.165, 1.54) is 24.8 Å². The van der Waals surface area contributed by atoms with Crippen LogP contribution in [-0.4, -0.2) is 12.1 Å². The Morgan fingerprint density at radius 2 is 1.79 bits per heavy atom. The molecule has 1 N–H and O–H groups in total. The van der Waals surface area contributed by atoms with E-state index < -0.39 is 0 Å². The van der Waals surface area contributed by atoms with Gasteiger partial charge in [0.2, 0.25) is 0 Å². The molecule has 0 saturated heterocycles. The molecule has 0 heterocycles. The van der Waals surface area contributed by atoms with Crippen LogP contribution in [0.4, 0.5) is 0 Å². The van der Waals surface area contributed by atoms with Gasteiger partial charge in [0.25, 0.3) is 0 Å². The van der Waals surface area contributed by atoms with E-state index in [4.69, 9.17) is 0 Å². The van der Waals surface area contributed by atoms with Crippen LogP contribution in [0.15, 0.2) is 12.2 Å². The monoisotopic (exact) mass is 197 g/mol. The van der Waals surface area contributed by atoms with Gasteiger partial charge in [0.15, 0.2) is 0 Å². The highest BCUT2D eigenvalue weighted by Crippen LogP contribution is 2.11. The second-order valence-corrected chi connectivity index (χ2v) is 4.73. The predicted molar refractivity (Wildman–Crippen MR) is 65.6 cm³/mol. The van der Waals surface area contributed by atoms with Crippen molar-refractivity contribution in [3.8, 4) is 0 Å². The molecule has 1 heteroatoms. The average Bonchev–Trinajstić information content (AvgIpc) is 2.13. The van der Waals surface area contributed by atoms with Crippen molar-refractivity contribution in [1.82, 2.24) is 5.32 Å². The van der Waals surface area contributed by atoms with Crippen LogP contribution in [0.2, 0.25) is 0 Å². The van der Waals surface area contributed by atoms with Crippen LogP contribution in [0, 0.1) is 5.92 Å². The first-order valence-electron chi connectivity index (χ1n) is 5.88. The highest BCUT2D eigenvalue weighted by atomic mass is 14.9. The molecule has 0 aromatic rings. The summed E-state index contributed by atoms with van der Waals surface area (Å²) in [6.45, 7) is 15.1. The van der Waals surface area contributed by atoms with Gasteiger partial charge in [-0.05, 0) is 39.5 Å². The molecule has 0 saturated carbocycles. The first kappa shape index (κ1) is 13.7. The van der Waals surface area contributed by atoms with Crippen molar-refractivity contribution < 1.29 is 0 Å². The molecule has 0 aromatic heterocycles. The van der Waals surface area contributed by atoms with Gasteiger partial charge in [0.05, 0.1) is 0 Å². The van der Waals surface area contributed by atoms with E-state index in [2.05, 4.69) is 46.5 Å². The Bertz CT molecular complexity index is 163. The lowest BCUT2D eigenvalue weighted by atomic mass is 9.99. The summed E-state index contributed by atoms with van der Waals surface area (Å²) in [7, 11) is 0. The predicted octanol–water partition coefficient (Wildman–Crippen LogP) is 3.76. The highest BCUT2D eigenvalue weighted by molar-refractivity contribution is 4.99. The third kappa shape index (κ3) is 6.20. The Kier molecular flexibility index (Phi) is 6.90. The molecule has 0 amide bonds. The topological polar surface area (TPSA) is 12.0 Å². The van der Waals surface area contributed by atoms with E-state index in [9.17, 15) is 0 Å². The fourth-order valence-corrected chi connectivity index (χ4v) is 1.39. The van der Waals surface area contributed by atoms with E-state index in [0.29, 0.717) is 12.1 Å². The Hall–Kier alpha value is -0.300. The fourth-order valence-electron chi connectivity index (χ4n) is 1.39. The van der Waals surface area contributed by atoms with Crippen LogP contribution >= 0.6 is 0 Å². The van der Waals surface area contributed by atoms with Gasteiger partial charge in [-0.2, -0.15) is 0 Å². The summed E-state index contributed by atoms with van der Waals surface area (Å²) in [6, 6.07) is 1.05. The molecular formula is C13H27N. The molecule has 3 unspecified atom stereocenters. The fraction of sp³-hybridized carbons (Fsp3) is 0.846. The summed E-state index contributed by atoms with van der Waals surface area (Å²) in [5.41, 5.74) is 1.22. The summed E-state index contributed by atoms with van der Waals surface area (Å²) in [4.78, 5) is 0. The van der Waals surface area contributed by atoms with E-state index in [1.807, 2.05) is 0 Å². The van der Waals surface area contributed by atoms with Crippen molar-refractivity contribution in [1.29, 1.82) is 0 Å². The zero-order chi connectivity index (χ0) is 11.1. The van der Waals surface area contributed by atoms with Crippen molar-refractivity contribution in [3.05, 3.63) is 12.2 Å². The first-order valence-corrected chi connectivity index (χ1v) is 5.88. The maximum atomic E-state index is 3.96. The van der Waals surface area contributed by atoms with Crippen molar-refractivity contribution in [2.24, 2.45) is 5.92 Å².